The van der Waals surface area contributed by atoms with E-state index in [2.05, 4.69) is 43.5 Å². The van der Waals surface area contributed by atoms with E-state index in [0.29, 0.717) is 0 Å². The van der Waals surface area contributed by atoms with Crippen LogP contribution in [0, 0.1) is 5.41 Å². The van der Waals surface area contributed by atoms with Gasteiger partial charge in [-0.2, -0.15) is 0 Å². The van der Waals surface area contributed by atoms with Crippen LogP contribution in [0.3, 0.4) is 0 Å². The number of amides is 1. The van der Waals surface area contributed by atoms with E-state index in [4.69, 9.17) is 0 Å². The maximum absolute atomic E-state index is 12.4. The zero-order valence-electron chi connectivity index (χ0n) is 12.4. The zero-order chi connectivity index (χ0) is 13.6. The molecule has 0 aromatic heterocycles. The summed E-state index contributed by atoms with van der Waals surface area (Å²) >= 11 is 0. The Balaban J connectivity index is 2.46. The molecule has 1 rings (SSSR count). The van der Waals surface area contributed by atoms with Gasteiger partial charge in [-0.15, -0.1) is 0 Å². The lowest BCUT2D eigenvalue weighted by Crippen LogP contribution is -2.46. The van der Waals surface area contributed by atoms with Crippen LogP contribution >= 0.6 is 0 Å². The average molecular weight is 255 g/mol. The molecule has 0 bridgehead atoms. The van der Waals surface area contributed by atoms with Gasteiger partial charge in [-0.3, -0.25) is 4.79 Å². The Hall–Kier alpha value is -0.610. The summed E-state index contributed by atoms with van der Waals surface area (Å²) < 4.78 is 0. The maximum Gasteiger partial charge on any atom is 0.227 e. The molecule has 0 spiro atoms. The fourth-order valence-electron chi connectivity index (χ4n) is 2.64. The molecule has 2 atom stereocenters. The fourth-order valence-corrected chi connectivity index (χ4v) is 2.64. The Morgan fingerprint density at radius 1 is 1.50 bits per heavy atom. The van der Waals surface area contributed by atoms with Gasteiger partial charge in [-0.1, -0.05) is 13.3 Å². The summed E-state index contributed by atoms with van der Waals surface area (Å²) in [4.78, 5) is 14.6. The molecule has 0 aromatic rings. The van der Waals surface area contributed by atoms with E-state index in [1.54, 1.807) is 0 Å². The first kappa shape index (κ1) is 15.4. The van der Waals surface area contributed by atoms with Crippen molar-refractivity contribution in [3.8, 4) is 0 Å². The number of carbonyl (C=O) groups excluding carboxylic acids is 1. The topological polar surface area (TPSA) is 44.4 Å². The number of carbonyl (C=O) groups is 1. The van der Waals surface area contributed by atoms with E-state index in [9.17, 15) is 4.79 Å². The molecule has 1 saturated heterocycles. The van der Waals surface area contributed by atoms with Crippen LogP contribution in [0.25, 0.3) is 0 Å². The quantitative estimate of drug-likeness (QED) is 0.719. The predicted octanol–water partition coefficient (Wildman–Crippen LogP) is 1.22. The van der Waals surface area contributed by atoms with Gasteiger partial charge >= 0.3 is 0 Å². The van der Waals surface area contributed by atoms with Gasteiger partial charge in [0, 0.05) is 12.6 Å². The summed E-state index contributed by atoms with van der Waals surface area (Å²) in [6.07, 6.45) is 4.05. The first-order chi connectivity index (χ1) is 8.50. The summed E-state index contributed by atoms with van der Waals surface area (Å²) in [5.74, 6) is 0.251. The van der Waals surface area contributed by atoms with Crippen molar-refractivity contribution in [1.29, 1.82) is 0 Å². The van der Waals surface area contributed by atoms with Gasteiger partial charge in [-0.25, -0.2) is 0 Å². The molecular weight excluding hydrogens is 226 g/mol. The molecule has 1 amide bonds. The van der Waals surface area contributed by atoms with Crippen LogP contribution in [-0.4, -0.2) is 50.6 Å². The molecule has 1 aliphatic rings. The number of nitrogens with one attached hydrogen (secondary N) is 2. The molecule has 1 fully saturated rings. The molecule has 0 aliphatic carbocycles. The molecule has 1 aliphatic heterocycles. The number of rotatable bonds is 7. The fraction of sp³-hybridized carbons (Fsp3) is 0.929. The van der Waals surface area contributed by atoms with Gasteiger partial charge in [0.1, 0.15) is 0 Å². The van der Waals surface area contributed by atoms with Gasteiger partial charge in [-0.05, 0) is 53.4 Å². The van der Waals surface area contributed by atoms with Crippen molar-refractivity contribution in [2.45, 2.75) is 45.6 Å². The van der Waals surface area contributed by atoms with Crippen molar-refractivity contribution in [1.82, 2.24) is 15.5 Å². The van der Waals surface area contributed by atoms with Crippen molar-refractivity contribution >= 4 is 5.91 Å². The van der Waals surface area contributed by atoms with E-state index in [0.717, 1.165) is 45.3 Å². The smallest absolute Gasteiger partial charge is 0.227 e. The minimum Gasteiger partial charge on any atom is -0.353 e. The Morgan fingerprint density at radius 2 is 2.22 bits per heavy atom. The monoisotopic (exact) mass is 255 g/mol. The molecular formula is C14H29N3O. The van der Waals surface area contributed by atoms with Gasteiger partial charge in [0.15, 0.2) is 0 Å². The SMILES string of the molecule is CCCC1(C(=O)NC(C)CCN(C)C)CCNC1. The van der Waals surface area contributed by atoms with Crippen molar-refractivity contribution in [2.75, 3.05) is 33.7 Å². The minimum atomic E-state index is -0.152. The normalized spacial score (nSPS) is 25.4. The highest BCUT2D eigenvalue weighted by Gasteiger charge is 2.40. The lowest BCUT2D eigenvalue weighted by atomic mass is 9.81. The Kier molecular flexibility index (Phi) is 6.09. The molecule has 1 heterocycles. The van der Waals surface area contributed by atoms with Crippen LogP contribution in [0.2, 0.25) is 0 Å². The first-order valence-corrected chi connectivity index (χ1v) is 7.16. The lowest BCUT2D eigenvalue weighted by Gasteiger charge is -2.28. The van der Waals surface area contributed by atoms with E-state index >= 15 is 0 Å². The Morgan fingerprint density at radius 3 is 2.72 bits per heavy atom. The standard InChI is InChI=1S/C14H29N3O/c1-5-7-14(8-9-15-11-14)13(18)16-12(2)6-10-17(3)4/h12,15H,5-11H2,1-4H3,(H,16,18). The zero-order valence-corrected chi connectivity index (χ0v) is 12.4. The van der Waals surface area contributed by atoms with E-state index < -0.39 is 0 Å². The van der Waals surface area contributed by atoms with E-state index in [1.165, 1.54) is 0 Å². The largest absolute Gasteiger partial charge is 0.353 e. The second-order valence-electron chi connectivity index (χ2n) is 5.92. The highest BCUT2D eigenvalue weighted by atomic mass is 16.2. The van der Waals surface area contributed by atoms with Crippen molar-refractivity contribution in [3.05, 3.63) is 0 Å². The van der Waals surface area contributed by atoms with Gasteiger partial charge in [0.05, 0.1) is 5.41 Å². The maximum atomic E-state index is 12.4. The van der Waals surface area contributed by atoms with Crippen LogP contribution in [0.1, 0.15) is 39.5 Å². The molecule has 106 valence electrons. The molecule has 18 heavy (non-hydrogen) atoms. The third-order valence-electron chi connectivity index (χ3n) is 3.84. The van der Waals surface area contributed by atoms with Crippen LogP contribution in [0.5, 0.6) is 0 Å². The Labute approximate surface area is 111 Å². The molecule has 4 nitrogen and oxygen atoms in total. The van der Waals surface area contributed by atoms with Crippen molar-refractivity contribution in [3.63, 3.8) is 0 Å². The van der Waals surface area contributed by atoms with Crippen LogP contribution < -0.4 is 10.6 Å². The molecule has 0 radical (unpaired) electrons. The summed E-state index contributed by atoms with van der Waals surface area (Å²) in [5, 5.41) is 6.53. The highest BCUT2D eigenvalue weighted by molar-refractivity contribution is 5.83. The van der Waals surface area contributed by atoms with Crippen molar-refractivity contribution in [2.24, 2.45) is 5.41 Å². The summed E-state index contributed by atoms with van der Waals surface area (Å²) in [6, 6.07) is 0.259. The third-order valence-corrected chi connectivity index (χ3v) is 3.84. The van der Waals surface area contributed by atoms with Crippen LogP contribution in [0.4, 0.5) is 0 Å². The molecule has 0 saturated carbocycles. The molecule has 2 N–H and O–H groups in total. The second-order valence-corrected chi connectivity index (χ2v) is 5.92. The van der Waals surface area contributed by atoms with Crippen LogP contribution in [-0.2, 0) is 4.79 Å². The summed E-state index contributed by atoms with van der Waals surface area (Å²) in [5.41, 5.74) is -0.152. The Bertz CT molecular complexity index is 260. The van der Waals surface area contributed by atoms with Crippen LogP contribution in [0.15, 0.2) is 0 Å². The molecule has 0 aromatic carbocycles. The van der Waals surface area contributed by atoms with Gasteiger partial charge in [0.25, 0.3) is 0 Å². The third kappa shape index (κ3) is 4.25. The minimum absolute atomic E-state index is 0.152. The molecule has 2 unspecified atom stereocenters. The average Bonchev–Trinajstić information content (AvgIpc) is 2.77. The van der Waals surface area contributed by atoms with E-state index in [1.807, 2.05) is 0 Å². The number of hydrogen-bond acceptors (Lipinski definition) is 3. The highest BCUT2D eigenvalue weighted by Crippen LogP contribution is 2.31. The first-order valence-electron chi connectivity index (χ1n) is 7.16. The van der Waals surface area contributed by atoms with Gasteiger partial charge < -0.3 is 15.5 Å². The number of hydrogen-bond donors (Lipinski definition) is 2. The predicted molar refractivity (Wildman–Crippen MR) is 75.6 cm³/mol. The second kappa shape index (κ2) is 7.10. The van der Waals surface area contributed by atoms with Crippen molar-refractivity contribution < 1.29 is 4.79 Å². The molecule has 4 heteroatoms. The number of nitrogens with zero attached hydrogens (tertiary/aromatic N) is 1. The summed E-state index contributed by atoms with van der Waals surface area (Å²) in [6.45, 7) is 7.08. The summed E-state index contributed by atoms with van der Waals surface area (Å²) in [7, 11) is 4.13. The lowest BCUT2D eigenvalue weighted by molar-refractivity contribution is -0.131. The van der Waals surface area contributed by atoms with E-state index in [-0.39, 0.29) is 17.4 Å². The van der Waals surface area contributed by atoms with Gasteiger partial charge in [0.2, 0.25) is 5.91 Å².